The van der Waals surface area contributed by atoms with E-state index in [9.17, 15) is 0 Å². The zero-order valence-electron chi connectivity index (χ0n) is 9.20. The number of aromatic nitrogens is 2. The predicted molar refractivity (Wildman–Crippen MR) is 60.5 cm³/mol. The van der Waals surface area contributed by atoms with E-state index in [1.807, 2.05) is 0 Å². The summed E-state index contributed by atoms with van der Waals surface area (Å²) in [4.78, 5) is 8.19. The molecule has 0 aliphatic carbocycles. The van der Waals surface area contributed by atoms with Crippen LogP contribution in [-0.4, -0.2) is 28.2 Å². The van der Waals surface area contributed by atoms with Crippen molar-refractivity contribution in [1.29, 1.82) is 0 Å². The summed E-state index contributed by atoms with van der Waals surface area (Å²) >= 11 is 0. The first-order valence-electron chi connectivity index (χ1n) is 5.07. The summed E-state index contributed by atoms with van der Waals surface area (Å²) in [7, 11) is 0. The fourth-order valence-electron chi connectivity index (χ4n) is 1.28. The number of anilines is 2. The molecule has 1 aromatic rings. The van der Waals surface area contributed by atoms with Crippen molar-refractivity contribution in [1.82, 2.24) is 9.97 Å². The van der Waals surface area contributed by atoms with Gasteiger partial charge in [-0.05, 0) is 19.3 Å². The Bertz CT molecular complexity index is 296. The highest BCUT2D eigenvalue weighted by molar-refractivity contribution is 5.44. The summed E-state index contributed by atoms with van der Waals surface area (Å²) in [5.74, 6) is 2.28. The number of hydrogen-bond donors (Lipinski definition) is 3. The molecule has 0 saturated carbocycles. The fraction of sp³-hybridized carbons (Fsp3) is 0.600. The molecule has 1 unspecified atom stereocenters. The van der Waals surface area contributed by atoms with Gasteiger partial charge < -0.3 is 16.2 Å². The van der Waals surface area contributed by atoms with Gasteiger partial charge in [-0.2, -0.15) is 0 Å². The molecule has 15 heavy (non-hydrogen) atoms. The number of aryl methyl sites for hydroxylation is 1. The lowest BCUT2D eigenvalue weighted by molar-refractivity contribution is 0.266. The van der Waals surface area contributed by atoms with E-state index < -0.39 is 0 Å². The van der Waals surface area contributed by atoms with Gasteiger partial charge in [-0.3, -0.25) is 0 Å². The number of nitrogens with two attached hydrogens (primary N) is 1. The summed E-state index contributed by atoms with van der Waals surface area (Å²) in [5.41, 5.74) is 5.59. The Balaban J connectivity index is 2.50. The average Bonchev–Trinajstić information content (AvgIpc) is 2.14. The van der Waals surface area contributed by atoms with Gasteiger partial charge in [0.1, 0.15) is 17.5 Å². The molecular weight excluding hydrogens is 192 g/mol. The summed E-state index contributed by atoms with van der Waals surface area (Å²) in [6.45, 7) is 4.86. The van der Waals surface area contributed by atoms with Crippen LogP contribution in [0, 0.1) is 12.8 Å². The third-order valence-corrected chi connectivity index (χ3v) is 2.11. The number of nitrogens with one attached hydrogen (secondary N) is 1. The molecule has 1 heterocycles. The monoisotopic (exact) mass is 210 g/mol. The predicted octanol–water partition coefficient (Wildman–Crippen LogP) is 0.798. The van der Waals surface area contributed by atoms with Crippen molar-refractivity contribution in [3.63, 3.8) is 0 Å². The molecule has 0 bridgehead atoms. The second-order valence-electron chi connectivity index (χ2n) is 3.72. The molecule has 84 valence electrons. The van der Waals surface area contributed by atoms with Crippen LogP contribution in [0.1, 0.15) is 19.2 Å². The van der Waals surface area contributed by atoms with Crippen molar-refractivity contribution in [2.24, 2.45) is 5.92 Å². The van der Waals surface area contributed by atoms with Crippen molar-refractivity contribution < 1.29 is 5.11 Å². The highest BCUT2D eigenvalue weighted by Crippen LogP contribution is 2.09. The maximum atomic E-state index is 8.75. The lowest BCUT2D eigenvalue weighted by atomic mass is 10.1. The number of aliphatic hydroxyl groups excluding tert-OH is 1. The minimum atomic E-state index is 0.216. The highest BCUT2D eigenvalue weighted by Gasteiger charge is 2.03. The van der Waals surface area contributed by atoms with Crippen LogP contribution >= 0.6 is 0 Å². The Morgan fingerprint density at radius 1 is 1.53 bits per heavy atom. The molecule has 0 fully saturated rings. The molecule has 0 aliphatic rings. The summed E-state index contributed by atoms with van der Waals surface area (Å²) < 4.78 is 0. The molecule has 0 saturated heterocycles. The average molecular weight is 210 g/mol. The van der Waals surface area contributed by atoms with Gasteiger partial charge >= 0.3 is 0 Å². The number of nitrogen functional groups attached to an aromatic ring is 1. The molecule has 0 radical (unpaired) electrons. The second kappa shape index (κ2) is 5.50. The SMILES string of the molecule is Cc1nc(N)cc(NCC(C)CCO)n1. The molecule has 1 atom stereocenters. The van der Waals surface area contributed by atoms with Crippen LogP contribution < -0.4 is 11.1 Å². The Labute approximate surface area is 89.7 Å². The van der Waals surface area contributed by atoms with Crippen LogP contribution in [0.15, 0.2) is 6.07 Å². The van der Waals surface area contributed by atoms with Crippen molar-refractivity contribution in [3.8, 4) is 0 Å². The largest absolute Gasteiger partial charge is 0.396 e. The third-order valence-electron chi connectivity index (χ3n) is 2.11. The lowest BCUT2D eigenvalue weighted by Gasteiger charge is -2.11. The van der Waals surface area contributed by atoms with Gasteiger partial charge in [0.15, 0.2) is 0 Å². The quantitative estimate of drug-likeness (QED) is 0.669. The zero-order chi connectivity index (χ0) is 11.3. The van der Waals surface area contributed by atoms with Gasteiger partial charge in [0, 0.05) is 19.2 Å². The van der Waals surface area contributed by atoms with E-state index >= 15 is 0 Å². The first-order valence-corrected chi connectivity index (χ1v) is 5.07. The number of rotatable bonds is 5. The maximum absolute atomic E-state index is 8.75. The number of nitrogens with zero attached hydrogens (tertiary/aromatic N) is 2. The normalized spacial score (nSPS) is 12.5. The molecule has 0 aromatic carbocycles. The van der Waals surface area contributed by atoms with Gasteiger partial charge in [0.2, 0.25) is 0 Å². The minimum Gasteiger partial charge on any atom is -0.396 e. The first-order chi connectivity index (χ1) is 7.11. The van der Waals surface area contributed by atoms with E-state index in [0.29, 0.717) is 17.6 Å². The summed E-state index contributed by atoms with van der Waals surface area (Å²) in [5, 5.41) is 11.9. The van der Waals surface area contributed by atoms with Gasteiger partial charge in [-0.15, -0.1) is 0 Å². The van der Waals surface area contributed by atoms with E-state index in [2.05, 4.69) is 22.2 Å². The minimum absolute atomic E-state index is 0.216. The Morgan fingerprint density at radius 2 is 2.27 bits per heavy atom. The molecule has 0 spiro atoms. The van der Waals surface area contributed by atoms with E-state index in [0.717, 1.165) is 18.8 Å². The molecule has 1 rings (SSSR count). The molecule has 4 N–H and O–H groups in total. The number of aliphatic hydroxyl groups is 1. The van der Waals surface area contributed by atoms with E-state index in [1.54, 1.807) is 13.0 Å². The van der Waals surface area contributed by atoms with Crippen LogP contribution in [0.2, 0.25) is 0 Å². The first kappa shape index (κ1) is 11.7. The molecule has 0 amide bonds. The van der Waals surface area contributed by atoms with E-state index in [-0.39, 0.29) is 6.61 Å². The Morgan fingerprint density at radius 3 is 2.87 bits per heavy atom. The molecular formula is C10H18N4O. The van der Waals surface area contributed by atoms with E-state index in [1.165, 1.54) is 0 Å². The van der Waals surface area contributed by atoms with Gasteiger partial charge in [-0.25, -0.2) is 9.97 Å². The van der Waals surface area contributed by atoms with Crippen molar-refractivity contribution in [2.75, 3.05) is 24.2 Å². The third kappa shape index (κ3) is 4.12. The Hall–Kier alpha value is -1.36. The van der Waals surface area contributed by atoms with Crippen molar-refractivity contribution in [3.05, 3.63) is 11.9 Å². The number of hydrogen-bond acceptors (Lipinski definition) is 5. The second-order valence-corrected chi connectivity index (χ2v) is 3.72. The highest BCUT2D eigenvalue weighted by atomic mass is 16.3. The molecule has 1 aromatic heterocycles. The smallest absolute Gasteiger partial charge is 0.131 e. The molecule has 5 heteroatoms. The van der Waals surface area contributed by atoms with Gasteiger partial charge in [0.05, 0.1) is 0 Å². The standard InChI is InChI=1S/C10H18N4O/c1-7(3-4-15)6-12-10-5-9(11)13-8(2)14-10/h5,7,15H,3-4,6H2,1-2H3,(H3,11,12,13,14). The van der Waals surface area contributed by atoms with Crippen LogP contribution in [0.3, 0.4) is 0 Å². The summed E-state index contributed by atoms with van der Waals surface area (Å²) in [6.07, 6.45) is 0.784. The fourth-order valence-corrected chi connectivity index (χ4v) is 1.28. The van der Waals surface area contributed by atoms with Crippen LogP contribution in [0.4, 0.5) is 11.6 Å². The lowest BCUT2D eigenvalue weighted by Crippen LogP contribution is -2.14. The van der Waals surface area contributed by atoms with Crippen molar-refractivity contribution in [2.45, 2.75) is 20.3 Å². The van der Waals surface area contributed by atoms with Crippen molar-refractivity contribution >= 4 is 11.6 Å². The Kier molecular flexibility index (Phi) is 4.30. The zero-order valence-corrected chi connectivity index (χ0v) is 9.20. The van der Waals surface area contributed by atoms with Crippen LogP contribution in [0.5, 0.6) is 0 Å². The summed E-state index contributed by atoms with van der Waals surface area (Å²) in [6, 6.07) is 1.71. The van der Waals surface area contributed by atoms with Crippen LogP contribution in [-0.2, 0) is 0 Å². The molecule has 0 aliphatic heterocycles. The van der Waals surface area contributed by atoms with Crippen LogP contribution in [0.25, 0.3) is 0 Å². The van der Waals surface area contributed by atoms with E-state index in [4.69, 9.17) is 10.8 Å². The van der Waals surface area contributed by atoms with Gasteiger partial charge in [-0.1, -0.05) is 6.92 Å². The van der Waals surface area contributed by atoms with Gasteiger partial charge in [0.25, 0.3) is 0 Å². The maximum Gasteiger partial charge on any atom is 0.131 e. The topological polar surface area (TPSA) is 84.1 Å². The molecule has 5 nitrogen and oxygen atoms in total.